The van der Waals surface area contributed by atoms with Gasteiger partial charge in [-0.3, -0.25) is 19.7 Å². The van der Waals surface area contributed by atoms with Crippen LogP contribution in [0.4, 0.5) is 11.4 Å². The number of piperazine rings is 1. The van der Waals surface area contributed by atoms with Gasteiger partial charge in [-0.2, -0.15) is 0 Å². The summed E-state index contributed by atoms with van der Waals surface area (Å²) in [6.45, 7) is 8.82. The van der Waals surface area contributed by atoms with Crippen LogP contribution >= 0.6 is 0 Å². The summed E-state index contributed by atoms with van der Waals surface area (Å²) >= 11 is 0. The zero-order valence-corrected chi connectivity index (χ0v) is 21.8. The average Bonchev–Trinajstić information content (AvgIpc) is 3.59. The number of nitrogens with zero attached hydrogens (tertiary/aromatic N) is 4. The number of carbonyl (C=O) groups excluding carboxylic acids is 2. The zero-order chi connectivity index (χ0) is 27.5. The average molecular weight is 527 g/mol. The summed E-state index contributed by atoms with van der Waals surface area (Å²) < 4.78 is 1.86. The van der Waals surface area contributed by atoms with E-state index in [1.807, 2.05) is 35.0 Å². The van der Waals surface area contributed by atoms with Gasteiger partial charge in [0.1, 0.15) is 18.2 Å². The van der Waals surface area contributed by atoms with Crippen LogP contribution in [0.15, 0.2) is 73.7 Å². The van der Waals surface area contributed by atoms with Gasteiger partial charge in [-0.15, -0.1) is 6.58 Å². The lowest BCUT2D eigenvalue weighted by Crippen LogP contribution is -2.65. The molecule has 0 aliphatic carbocycles. The minimum absolute atomic E-state index is 0.0391. The Kier molecular flexibility index (Phi) is 5.60. The number of aromatic nitrogens is 2. The van der Waals surface area contributed by atoms with E-state index in [-0.39, 0.29) is 35.5 Å². The first-order valence-corrected chi connectivity index (χ1v) is 13.0. The molecule has 0 unspecified atom stereocenters. The summed E-state index contributed by atoms with van der Waals surface area (Å²) in [4.78, 5) is 44.1. The van der Waals surface area contributed by atoms with E-state index in [4.69, 9.17) is 0 Å². The first-order valence-electron chi connectivity index (χ1n) is 13.0. The lowest BCUT2D eigenvalue weighted by atomic mass is 9.60. The zero-order valence-electron chi connectivity index (χ0n) is 21.8. The molecular formula is C29H30N6O4. The first kappa shape index (κ1) is 24.8. The van der Waals surface area contributed by atoms with Gasteiger partial charge in [0.2, 0.25) is 11.8 Å². The van der Waals surface area contributed by atoms with Gasteiger partial charge in [-0.1, -0.05) is 50.3 Å². The molecule has 0 radical (unpaired) electrons. The van der Waals surface area contributed by atoms with Crippen molar-refractivity contribution < 1.29 is 14.5 Å². The van der Waals surface area contributed by atoms with Gasteiger partial charge in [-0.25, -0.2) is 4.98 Å². The van der Waals surface area contributed by atoms with E-state index in [2.05, 4.69) is 42.1 Å². The van der Waals surface area contributed by atoms with Crippen LogP contribution in [0.3, 0.4) is 0 Å². The lowest BCUT2D eigenvalue weighted by molar-refractivity contribution is -0.384. The number of carbonyl (C=O) groups is 2. The quantitative estimate of drug-likeness (QED) is 0.277. The maximum absolute atomic E-state index is 13.9. The molecule has 2 aromatic carbocycles. The minimum atomic E-state index is -0.732. The maximum Gasteiger partial charge on any atom is 0.269 e. The van der Waals surface area contributed by atoms with Crippen molar-refractivity contribution in [3.8, 4) is 0 Å². The van der Waals surface area contributed by atoms with E-state index in [9.17, 15) is 19.7 Å². The van der Waals surface area contributed by atoms with Crippen molar-refractivity contribution in [3.05, 3.63) is 101 Å². The monoisotopic (exact) mass is 526 g/mol. The minimum Gasteiger partial charge on any atom is -0.364 e. The summed E-state index contributed by atoms with van der Waals surface area (Å²) in [5.74, 6) is -0.283. The molecule has 0 bridgehead atoms. The molecule has 0 spiro atoms. The molecule has 4 heterocycles. The van der Waals surface area contributed by atoms with Crippen LogP contribution in [-0.2, 0) is 28.0 Å². The third-order valence-corrected chi connectivity index (χ3v) is 8.74. The number of non-ortho nitro benzene ring substituents is 1. The Hall–Kier alpha value is -4.47. The molecule has 39 heavy (non-hydrogen) atoms. The summed E-state index contributed by atoms with van der Waals surface area (Å²) in [6, 6.07) is 13.1. The van der Waals surface area contributed by atoms with Crippen molar-refractivity contribution in [1.82, 2.24) is 19.8 Å². The van der Waals surface area contributed by atoms with Gasteiger partial charge in [0.15, 0.2) is 0 Å². The Balaban J connectivity index is 1.24. The number of hydrogen-bond acceptors (Lipinski definition) is 6. The van der Waals surface area contributed by atoms with Crippen LogP contribution in [0.2, 0.25) is 0 Å². The molecule has 10 heteroatoms. The van der Waals surface area contributed by atoms with Gasteiger partial charge < -0.3 is 20.1 Å². The molecule has 3 aromatic rings. The number of imidazole rings is 1. The van der Waals surface area contributed by atoms with Crippen LogP contribution in [-0.4, -0.2) is 49.4 Å². The van der Waals surface area contributed by atoms with Crippen LogP contribution in [0.5, 0.6) is 0 Å². The smallest absolute Gasteiger partial charge is 0.269 e. The van der Waals surface area contributed by atoms with Crippen LogP contribution in [0, 0.1) is 15.5 Å². The lowest BCUT2D eigenvalue weighted by Gasteiger charge is -2.44. The molecule has 200 valence electrons. The third kappa shape index (κ3) is 3.73. The summed E-state index contributed by atoms with van der Waals surface area (Å²) in [5.41, 5.74) is 2.81. The van der Waals surface area contributed by atoms with Crippen molar-refractivity contribution in [2.45, 2.75) is 56.9 Å². The van der Waals surface area contributed by atoms with Gasteiger partial charge in [-0.05, 0) is 29.0 Å². The largest absolute Gasteiger partial charge is 0.364 e. The molecule has 2 fully saturated rings. The van der Waals surface area contributed by atoms with Crippen molar-refractivity contribution in [1.29, 1.82) is 0 Å². The van der Waals surface area contributed by atoms with E-state index >= 15 is 0 Å². The molecule has 6 rings (SSSR count). The fourth-order valence-electron chi connectivity index (χ4n) is 6.56. The normalized spacial score (nSPS) is 25.4. The highest BCUT2D eigenvalue weighted by Gasteiger charge is 2.67. The van der Waals surface area contributed by atoms with Gasteiger partial charge in [0.25, 0.3) is 5.69 Å². The number of nitrogens with one attached hydrogen (secondary N) is 2. The van der Waals surface area contributed by atoms with Crippen LogP contribution in [0.1, 0.15) is 37.1 Å². The second-order valence-corrected chi connectivity index (χ2v) is 11.2. The predicted octanol–water partition coefficient (Wildman–Crippen LogP) is 3.38. The van der Waals surface area contributed by atoms with Crippen molar-refractivity contribution in [2.75, 3.05) is 5.32 Å². The first-order chi connectivity index (χ1) is 18.6. The number of para-hydroxylation sites is 1. The summed E-state index contributed by atoms with van der Waals surface area (Å²) in [7, 11) is 0. The molecule has 4 atom stereocenters. The van der Waals surface area contributed by atoms with Crippen LogP contribution < -0.4 is 10.6 Å². The number of allylic oxidation sites excluding steroid dienone is 1. The third-order valence-electron chi connectivity index (χ3n) is 8.74. The predicted molar refractivity (Wildman–Crippen MR) is 145 cm³/mol. The van der Waals surface area contributed by atoms with E-state index in [1.165, 1.54) is 12.1 Å². The number of benzene rings is 2. The topological polar surface area (TPSA) is 122 Å². The molecule has 10 nitrogen and oxygen atoms in total. The van der Waals surface area contributed by atoms with Gasteiger partial charge in [0, 0.05) is 42.4 Å². The van der Waals surface area contributed by atoms with E-state index in [1.54, 1.807) is 23.4 Å². The number of amides is 2. The number of nitro benzene ring substituents is 1. The van der Waals surface area contributed by atoms with Crippen molar-refractivity contribution in [2.24, 2.45) is 5.41 Å². The molecule has 2 amide bonds. The standard InChI is InChI=1S/C29H30N6O4/c1-4-28(2,3)29-14-24-25(36)31-23(26(37)34(24)27(29)32-22-8-6-5-7-21(22)29)13-19-16-33(17-30-19)15-18-9-11-20(12-10-18)35(38)39/h4-12,16-17,23-24,27,32H,1,13-15H2,2-3H3,(H,31,36)/t23-,24-,27-,29+/m0/s1. The van der Waals surface area contributed by atoms with E-state index < -0.39 is 22.4 Å². The highest BCUT2D eigenvalue weighted by molar-refractivity contribution is 5.99. The Morgan fingerprint density at radius 3 is 2.64 bits per heavy atom. The molecule has 3 aliphatic heterocycles. The molecule has 3 aliphatic rings. The highest BCUT2D eigenvalue weighted by Crippen LogP contribution is 2.60. The molecule has 2 saturated heterocycles. The molecule has 2 N–H and O–H groups in total. The van der Waals surface area contributed by atoms with Crippen molar-refractivity contribution in [3.63, 3.8) is 0 Å². The second-order valence-electron chi connectivity index (χ2n) is 11.2. The van der Waals surface area contributed by atoms with Crippen molar-refractivity contribution >= 4 is 23.2 Å². The van der Waals surface area contributed by atoms with E-state index in [0.717, 1.165) is 16.8 Å². The van der Waals surface area contributed by atoms with E-state index in [0.29, 0.717) is 18.7 Å². The fourth-order valence-corrected chi connectivity index (χ4v) is 6.56. The van der Waals surface area contributed by atoms with Gasteiger partial charge in [0.05, 0.1) is 16.9 Å². The highest BCUT2D eigenvalue weighted by atomic mass is 16.6. The Bertz CT molecular complexity index is 1500. The number of nitro groups is 1. The number of fused-ring (bicyclic) bond motifs is 5. The second kappa shape index (κ2) is 8.79. The maximum atomic E-state index is 13.9. The SMILES string of the molecule is C=CC(C)(C)[C@@]12C[C@H]3C(=O)N[C@@H](Cc4cn(Cc5ccc([N+](=O)[O-])cc5)cn4)C(=O)N3[C@@H]1Nc1ccccc12. The summed E-state index contributed by atoms with van der Waals surface area (Å²) in [5, 5.41) is 17.4. The Morgan fingerprint density at radius 2 is 1.92 bits per heavy atom. The molecular weight excluding hydrogens is 496 g/mol. The number of hydrogen-bond donors (Lipinski definition) is 2. The molecule has 1 aromatic heterocycles. The van der Waals surface area contributed by atoms with Gasteiger partial charge >= 0.3 is 0 Å². The number of anilines is 1. The summed E-state index contributed by atoms with van der Waals surface area (Å²) in [6.07, 6.45) is 5.84. The Labute approximate surface area is 225 Å². The van der Waals surface area contributed by atoms with Crippen LogP contribution in [0.25, 0.3) is 0 Å². The molecule has 0 saturated carbocycles. The Morgan fingerprint density at radius 1 is 1.18 bits per heavy atom. The fraction of sp³-hybridized carbons (Fsp3) is 0.345. The number of rotatable bonds is 7.